The summed E-state index contributed by atoms with van der Waals surface area (Å²) in [6.07, 6.45) is 2.24. The Kier molecular flexibility index (Phi) is 5.03. The Labute approximate surface area is 167 Å². The Morgan fingerprint density at radius 3 is 2.93 bits per heavy atom. The number of fused-ring (bicyclic) bond motifs is 1. The third kappa shape index (κ3) is 3.72. The fourth-order valence-corrected chi connectivity index (χ4v) is 3.18. The summed E-state index contributed by atoms with van der Waals surface area (Å²) in [5.41, 5.74) is 1.28. The Bertz CT molecular complexity index is 1010. The molecule has 1 amide bonds. The second-order valence-electron chi connectivity index (χ2n) is 6.40. The highest BCUT2D eigenvalue weighted by molar-refractivity contribution is 7.80. The highest BCUT2D eigenvalue weighted by Gasteiger charge is 2.29. The third-order valence-corrected chi connectivity index (χ3v) is 4.98. The number of aromatic nitrogens is 2. The van der Waals surface area contributed by atoms with E-state index in [0.717, 1.165) is 5.56 Å². The summed E-state index contributed by atoms with van der Waals surface area (Å²) in [4.78, 5) is 19.2. The number of pyridine rings is 1. The van der Waals surface area contributed by atoms with Crippen molar-refractivity contribution in [2.45, 2.75) is 12.5 Å². The van der Waals surface area contributed by atoms with Gasteiger partial charge in [0.2, 0.25) is 0 Å². The second-order valence-corrected chi connectivity index (χ2v) is 6.82. The first kappa shape index (κ1) is 18.1. The molecular weight excluding hydrogens is 376 g/mol. The van der Waals surface area contributed by atoms with Crippen molar-refractivity contribution in [3.05, 3.63) is 71.7 Å². The highest BCUT2D eigenvalue weighted by Crippen LogP contribution is 2.27. The summed E-state index contributed by atoms with van der Waals surface area (Å²) in [5, 5.41) is 6.76. The van der Waals surface area contributed by atoms with Gasteiger partial charge in [0.15, 0.2) is 17.3 Å². The third-order valence-electron chi connectivity index (χ3n) is 4.42. The summed E-state index contributed by atoms with van der Waals surface area (Å²) >= 11 is 5.52. The lowest BCUT2D eigenvalue weighted by molar-refractivity contribution is 0.0928. The molecule has 0 radical (unpaired) electrons. The molecule has 1 N–H and O–H groups in total. The molecule has 8 heteroatoms. The molecule has 0 fully saturated rings. The van der Waals surface area contributed by atoms with Crippen LogP contribution in [0.25, 0.3) is 0 Å². The molecule has 0 aliphatic carbocycles. The molecule has 142 valence electrons. The van der Waals surface area contributed by atoms with Crippen LogP contribution in [0.15, 0.2) is 59.3 Å². The van der Waals surface area contributed by atoms with E-state index in [1.54, 1.807) is 30.3 Å². The molecule has 2 aromatic heterocycles. The molecule has 4 rings (SSSR count). The molecule has 0 spiro atoms. The molecule has 7 nitrogen and oxygen atoms in total. The number of nitrogens with one attached hydrogen (secondary N) is 1. The summed E-state index contributed by atoms with van der Waals surface area (Å²) in [6.45, 7) is 0.211. The molecule has 0 saturated heterocycles. The monoisotopic (exact) mass is 394 g/mol. The first-order valence-electron chi connectivity index (χ1n) is 8.77. The molecule has 1 unspecified atom stereocenters. The highest BCUT2D eigenvalue weighted by atomic mass is 32.1. The van der Waals surface area contributed by atoms with Gasteiger partial charge in [-0.05, 0) is 17.7 Å². The van der Waals surface area contributed by atoms with Crippen molar-refractivity contribution in [2.24, 2.45) is 0 Å². The predicted molar refractivity (Wildman–Crippen MR) is 108 cm³/mol. The molecule has 0 saturated carbocycles. The number of amides is 1. The van der Waals surface area contributed by atoms with Crippen LogP contribution in [-0.2, 0) is 6.42 Å². The zero-order chi connectivity index (χ0) is 19.5. The van der Waals surface area contributed by atoms with E-state index in [9.17, 15) is 4.79 Å². The minimum Gasteiger partial charge on any atom is -0.487 e. The van der Waals surface area contributed by atoms with Gasteiger partial charge in [0.05, 0.1) is 0 Å². The zero-order valence-corrected chi connectivity index (χ0v) is 16.0. The predicted octanol–water partition coefficient (Wildman–Crippen LogP) is 2.62. The van der Waals surface area contributed by atoms with E-state index in [0.29, 0.717) is 28.7 Å². The Morgan fingerprint density at radius 1 is 1.29 bits per heavy atom. The molecule has 1 aromatic carbocycles. The van der Waals surface area contributed by atoms with Crippen LogP contribution in [0.5, 0.6) is 5.75 Å². The van der Waals surface area contributed by atoms with Gasteiger partial charge in [-0.25, -0.2) is 4.98 Å². The number of carbonyl (C=O) groups is 1. The summed E-state index contributed by atoms with van der Waals surface area (Å²) in [7, 11) is 1.80. The first-order valence-corrected chi connectivity index (χ1v) is 9.18. The lowest BCUT2D eigenvalue weighted by Crippen LogP contribution is -2.48. The average molecular weight is 394 g/mol. The summed E-state index contributed by atoms with van der Waals surface area (Å²) in [5.74, 6) is 1.49. The van der Waals surface area contributed by atoms with Crippen LogP contribution < -0.4 is 15.0 Å². The standard InChI is InChI=1S/C20H18N4O3S/c1-24-18-17(8-5-9-21-18)26-12-16(20(24)28)22-19(25)15-11-14(27-23-15)10-13-6-3-2-4-7-13/h2-9,11,16H,10,12H2,1H3,(H,22,25). The van der Waals surface area contributed by atoms with Gasteiger partial charge in [0.25, 0.3) is 5.91 Å². The molecule has 0 bridgehead atoms. The van der Waals surface area contributed by atoms with E-state index in [-0.39, 0.29) is 18.2 Å². The molecule has 1 aliphatic rings. The number of thiocarbonyl (C=S) groups is 1. The number of anilines is 1. The van der Waals surface area contributed by atoms with Crippen LogP contribution in [-0.4, -0.2) is 40.7 Å². The number of hydrogen-bond donors (Lipinski definition) is 1. The molecule has 3 aromatic rings. The Hall–Kier alpha value is -3.26. The molecular formula is C20H18N4O3S. The smallest absolute Gasteiger partial charge is 0.274 e. The maximum atomic E-state index is 12.6. The van der Waals surface area contributed by atoms with Gasteiger partial charge in [0, 0.05) is 25.7 Å². The largest absolute Gasteiger partial charge is 0.487 e. The van der Waals surface area contributed by atoms with Crippen molar-refractivity contribution in [1.82, 2.24) is 15.5 Å². The van der Waals surface area contributed by atoms with Gasteiger partial charge in [-0.3, -0.25) is 4.79 Å². The number of benzene rings is 1. The molecule has 1 aliphatic heterocycles. The number of carbonyl (C=O) groups excluding carboxylic acids is 1. The van der Waals surface area contributed by atoms with Crippen LogP contribution >= 0.6 is 12.2 Å². The van der Waals surface area contributed by atoms with Gasteiger partial charge < -0.3 is 19.5 Å². The number of rotatable bonds is 4. The van der Waals surface area contributed by atoms with Crippen LogP contribution in [0.3, 0.4) is 0 Å². The minimum absolute atomic E-state index is 0.205. The minimum atomic E-state index is -0.490. The van der Waals surface area contributed by atoms with Crippen molar-refractivity contribution in [2.75, 3.05) is 18.6 Å². The maximum absolute atomic E-state index is 12.6. The Balaban J connectivity index is 1.45. The van der Waals surface area contributed by atoms with Crippen molar-refractivity contribution in [1.29, 1.82) is 0 Å². The zero-order valence-electron chi connectivity index (χ0n) is 15.2. The normalized spacial score (nSPS) is 16.1. The van der Waals surface area contributed by atoms with Gasteiger partial charge >= 0.3 is 0 Å². The van der Waals surface area contributed by atoms with E-state index in [2.05, 4.69) is 15.5 Å². The van der Waals surface area contributed by atoms with Gasteiger partial charge in [0.1, 0.15) is 23.4 Å². The quantitative estimate of drug-likeness (QED) is 0.681. The average Bonchev–Trinajstić information content (AvgIpc) is 3.15. The molecule has 1 atom stereocenters. The van der Waals surface area contributed by atoms with Crippen molar-refractivity contribution >= 4 is 28.9 Å². The van der Waals surface area contributed by atoms with E-state index < -0.39 is 6.04 Å². The fraction of sp³-hybridized carbons (Fsp3) is 0.200. The van der Waals surface area contributed by atoms with E-state index in [4.69, 9.17) is 21.5 Å². The number of nitrogens with zero attached hydrogens (tertiary/aromatic N) is 3. The van der Waals surface area contributed by atoms with Crippen molar-refractivity contribution < 1.29 is 14.1 Å². The number of hydrogen-bond acceptors (Lipinski definition) is 6. The topological polar surface area (TPSA) is 80.5 Å². The van der Waals surface area contributed by atoms with Gasteiger partial charge in [-0.1, -0.05) is 47.7 Å². The van der Waals surface area contributed by atoms with Crippen LogP contribution in [0.1, 0.15) is 21.8 Å². The Morgan fingerprint density at radius 2 is 2.11 bits per heavy atom. The van der Waals surface area contributed by atoms with Crippen molar-refractivity contribution in [3.63, 3.8) is 0 Å². The van der Waals surface area contributed by atoms with Crippen LogP contribution in [0.2, 0.25) is 0 Å². The van der Waals surface area contributed by atoms with Crippen LogP contribution in [0.4, 0.5) is 5.82 Å². The lowest BCUT2D eigenvalue weighted by atomic mass is 10.1. The van der Waals surface area contributed by atoms with Gasteiger partial charge in [-0.2, -0.15) is 0 Å². The molecule has 28 heavy (non-hydrogen) atoms. The SMILES string of the molecule is CN1C(=S)C(NC(=O)c2cc(Cc3ccccc3)on2)COc2cccnc21. The lowest BCUT2D eigenvalue weighted by Gasteiger charge is -2.22. The van der Waals surface area contributed by atoms with Gasteiger partial charge in [-0.15, -0.1) is 0 Å². The molecule has 3 heterocycles. The summed E-state index contributed by atoms with van der Waals surface area (Å²) in [6, 6.07) is 14.6. The second kappa shape index (κ2) is 7.77. The van der Waals surface area contributed by atoms with Crippen molar-refractivity contribution in [3.8, 4) is 5.75 Å². The van der Waals surface area contributed by atoms with Crippen LogP contribution in [0, 0.1) is 0 Å². The van der Waals surface area contributed by atoms with E-state index >= 15 is 0 Å². The van der Waals surface area contributed by atoms with E-state index in [1.807, 2.05) is 36.4 Å². The summed E-state index contributed by atoms with van der Waals surface area (Å²) < 4.78 is 11.1. The number of ether oxygens (including phenoxy) is 1. The first-order chi connectivity index (χ1) is 13.6. The number of likely N-dealkylation sites (N-methyl/N-ethyl adjacent to an activating group) is 1. The fourth-order valence-electron chi connectivity index (χ4n) is 2.97. The maximum Gasteiger partial charge on any atom is 0.274 e. The van der Waals surface area contributed by atoms with E-state index in [1.165, 1.54) is 0 Å².